The predicted molar refractivity (Wildman–Crippen MR) is 71.0 cm³/mol. The number of fused-ring (bicyclic) bond motifs is 1. The van der Waals surface area contributed by atoms with Crippen molar-refractivity contribution in [3.05, 3.63) is 34.9 Å². The Bertz CT molecular complexity index is 407. The molecule has 0 amide bonds. The number of rotatable bonds is 3. The highest BCUT2D eigenvalue weighted by Gasteiger charge is 2.33. The Hall–Kier alpha value is -0.860. The lowest BCUT2D eigenvalue weighted by atomic mass is 9.74. The first-order chi connectivity index (χ1) is 8.28. The van der Waals surface area contributed by atoms with Crippen LogP contribution in [0.15, 0.2) is 18.2 Å². The average Bonchev–Trinajstić information content (AvgIpc) is 2.75. The predicted octanol–water partition coefficient (Wildman–Crippen LogP) is 2.17. The van der Waals surface area contributed by atoms with Gasteiger partial charge in [-0.05, 0) is 61.8 Å². The molecule has 2 aliphatic carbocycles. The van der Waals surface area contributed by atoms with Crippen LogP contribution in [0.3, 0.4) is 0 Å². The monoisotopic (exact) mass is 230 g/mol. The van der Waals surface area contributed by atoms with E-state index in [0.717, 1.165) is 5.92 Å². The van der Waals surface area contributed by atoms with Crippen LogP contribution in [0.2, 0.25) is 0 Å². The molecule has 0 saturated heterocycles. The standard InChI is InChI=1S/C15H22N2/c1-17-15(13-8-14(16)9-13)12-6-5-10-3-2-4-11(10)7-12/h5-7,13-15,17H,2-4,8-9,16H2,1H3. The second-order valence-electron chi connectivity index (χ2n) is 5.64. The zero-order valence-electron chi connectivity index (χ0n) is 10.6. The average molecular weight is 230 g/mol. The van der Waals surface area contributed by atoms with Crippen molar-refractivity contribution < 1.29 is 0 Å². The minimum atomic E-state index is 0.435. The van der Waals surface area contributed by atoms with Gasteiger partial charge in [-0.25, -0.2) is 0 Å². The molecule has 1 unspecified atom stereocenters. The Morgan fingerprint density at radius 2 is 2.00 bits per heavy atom. The van der Waals surface area contributed by atoms with E-state index in [4.69, 9.17) is 5.73 Å². The van der Waals surface area contributed by atoms with E-state index < -0.39 is 0 Å². The first-order valence-corrected chi connectivity index (χ1v) is 6.82. The van der Waals surface area contributed by atoms with Gasteiger partial charge in [0, 0.05) is 12.1 Å². The Morgan fingerprint density at radius 3 is 2.71 bits per heavy atom. The molecular weight excluding hydrogens is 208 g/mol. The van der Waals surface area contributed by atoms with E-state index in [0.29, 0.717) is 12.1 Å². The van der Waals surface area contributed by atoms with E-state index >= 15 is 0 Å². The minimum Gasteiger partial charge on any atom is -0.328 e. The van der Waals surface area contributed by atoms with Crippen molar-refractivity contribution in [1.29, 1.82) is 0 Å². The molecule has 3 N–H and O–H groups in total. The van der Waals surface area contributed by atoms with E-state index in [9.17, 15) is 0 Å². The first-order valence-electron chi connectivity index (χ1n) is 6.82. The van der Waals surface area contributed by atoms with E-state index in [2.05, 4.69) is 30.6 Å². The Balaban J connectivity index is 1.82. The van der Waals surface area contributed by atoms with Crippen LogP contribution in [0.25, 0.3) is 0 Å². The summed E-state index contributed by atoms with van der Waals surface area (Å²) in [7, 11) is 2.07. The summed E-state index contributed by atoms with van der Waals surface area (Å²) >= 11 is 0. The molecule has 0 bridgehead atoms. The smallest absolute Gasteiger partial charge is 0.0347 e. The van der Waals surface area contributed by atoms with Crippen LogP contribution in [0.5, 0.6) is 0 Å². The number of benzene rings is 1. The quantitative estimate of drug-likeness (QED) is 0.835. The molecule has 92 valence electrons. The summed E-state index contributed by atoms with van der Waals surface area (Å²) in [5.74, 6) is 0.731. The first kappa shape index (κ1) is 11.2. The molecule has 0 aromatic heterocycles. The van der Waals surface area contributed by atoms with Crippen LogP contribution in [0.4, 0.5) is 0 Å². The molecule has 2 aliphatic rings. The van der Waals surface area contributed by atoms with Gasteiger partial charge in [0.05, 0.1) is 0 Å². The number of aryl methyl sites for hydroxylation is 2. The van der Waals surface area contributed by atoms with Crippen LogP contribution < -0.4 is 11.1 Å². The van der Waals surface area contributed by atoms with Gasteiger partial charge in [-0.1, -0.05) is 18.2 Å². The van der Waals surface area contributed by atoms with Crippen molar-refractivity contribution in [1.82, 2.24) is 5.32 Å². The third-order valence-corrected chi connectivity index (χ3v) is 4.48. The van der Waals surface area contributed by atoms with Crippen LogP contribution in [0.1, 0.15) is 42.0 Å². The maximum absolute atomic E-state index is 5.90. The van der Waals surface area contributed by atoms with Gasteiger partial charge in [-0.3, -0.25) is 0 Å². The molecule has 1 aromatic carbocycles. The Kier molecular flexibility index (Phi) is 2.93. The lowest BCUT2D eigenvalue weighted by Crippen LogP contribution is -2.42. The maximum atomic E-state index is 5.90. The Labute approximate surface area is 104 Å². The third-order valence-electron chi connectivity index (χ3n) is 4.48. The van der Waals surface area contributed by atoms with Gasteiger partial charge in [0.2, 0.25) is 0 Å². The molecule has 0 spiro atoms. The molecule has 2 heteroatoms. The van der Waals surface area contributed by atoms with Crippen molar-refractivity contribution in [2.45, 2.75) is 44.2 Å². The van der Waals surface area contributed by atoms with Crippen molar-refractivity contribution in [3.8, 4) is 0 Å². The Morgan fingerprint density at radius 1 is 1.24 bits per heavy atom. The molecular formula is C15H22N2. The summed E-state index contributed by atoms with van der Waals surface area (Å²) in [5.41, 5.74) is 10.5. The summed E-state index contributed by atoms with van der Waals surface area (Å²) < 4.78 is 0. The minimum absolute atomic E-state index is 0.435. The zero-order chi connectivity index (χ0) is 11.8. The van der Waals surface area contributed by atoms with Gasteiger partial charge in [-0.15, -0.1) is 0 Å². The SMILES string of the molecule is CNC(c1ccc2c(c1)CCC2)C1CC(N)C1. The molecule has 0 aliphatic heterocycles. The highest BCUT2D eigenvalue weighted by atomic mass is 14.9. The molecule has 2 nitrogen and oxygen atoms in total. The van der Waals surface area contributed by atoms with Gasteiger partial charge in [0.25, 0.3) is 0 Å². The van der Waals surface area contributed by atoms with Gasteiger partial charge >= 0.3 is 0 Å². The number of hydrogen-bond donors (Lipinski definition) is 2. The summed E-state index contributed by atoms with van der Waals surface area (Å²) in [6.45, 7) is 0. The van der Waals surface area contributed by atoms with Gasteiger partial charge < -0.3 is 11.1 Å². The highest BCUT2D eigenvalue weighted by molar-refractivity contribution is 5.37. The van der Waals surface area contributed by atoms with E-state index in [-0.39, 0.29) is 0 Å². The maximum Gasteiger partial charge on any atom is 0.0347 e. The fraction of sp³-hybridized carbons (Fsp3) is 0.600. The molecule has 0 radical (unpaired) electrons. The van der Waals surface area contributed by atoms with Crippen LogP contribution >= 0.6 is 0 Å². The largest absolute Gasteiger partial charge is 0.328 e. The second kappa shape index (κ2) is 4.43. The number of nitrogens with one attached hydrogen (secondary N) is 1. The van der Waals surface area contributed by atoms with Crippen molar-refractivity contribution >= 4 is 0 Å². The molecule has 1 fully saturated rings. The molecule has 17 heavy (non-hydrogen) atoms. The summed E-state index contributed by atoms with van der Waals surface area (Å²) in [5, 5.41) is 3.48. The topological polar surface area (TPSA) is 38.0 Å². The van der Waals surface area contributed by atoms with E-state index in [1.165, 1.54) is 37.7 Å². The third kappa shape index (κ3) is 2.00. The molecule has 3 rings (SSSR count). The molecule has 1 aromatic rings. The number of hydrogen-bond acceptors (Lipinski definition) is 2. The fourth-order valence-electron chi connectivity index (χ4n) is 3.44. The van der Waals surface area contributed by atoms with Gasteiger partial charge in [0.1, 0.15) is 0 Å². The summed E-state index contributed by atoms with van der Waals surface area (Å²) in [6.07, 6.45) is 6.21. The molecule has 1 atom stereocenters. The number of nitrogens with two attached hydrogens (primary N) is 1. The van der Waals surface area contributed by atoms with Crippen molar-refractivity contribution in [2.24, 2.45) is 11.7 Å². The van der Waals surface area contributed by atoms with Crippen molar-refractivity contribution in [3.63, 3.8) is 0 Å². The second-order valence-corrected chi connectivity index (χ2v) is 5.64. The van der Waals surface area contributed by atoms with Gasteiger partial charge in [-0.2, -0.15) is 0 Å². The normalized spacial score (nSPS) is 28.6. The lowest BCUT2D eigenvalue weighted by molar-refractivity contribution is 0.204. The van der Waals surface area contributed by atoms with Crippen molar-refractivity contribution in [2.75, 3.05) is 7.05 Å². The van der Waals surface area contributed by atoms with E-state index in [1.807, 2.05) is 0 Å². The van der Waals surface area contributed by atoms with E-state index in [1.54, 1.807) is 11.1 Å². The van der Waals surface area contributed by atoms with Crippen LogP contribution in [-0.4, -0.2) is 13.1 Å². The molecule has 0 heterocycles. The van der Waals surface area contributed by atoms with Crippen LogP contribution in [-0.2, 0) is 12.8 Å². The summed E-state index contributed by atoms with van der Waals surface area (Å²) in [4.78, 5) is 0. The highest BCUT2D eigenvalue weighted by Crippen LogP contribution is 2.38. The fourth-order valence-corrected chi connectivity index (χ4v) is 3.44. The lowest BCUT2D eigenvalue weighted by Gasteiger charge is -2.38. The van der Waals surface area contributed by atoms with Gasteiger partial charge in [0.15, 0.2) is 0 Å². The van der Waals surface area contributed by atoms with Crippen LogP contribution in [0, 0.1) is 5.92 Å². The summed E-state index contributed by atoms with van der Waals surface area (Å²) in [6, 6.07) is 8.01. The molecule has 1 saturated carbocycles. The zero-order valence-corrected chi connectivity index (χ0v) is 10.6.